The number of pyridine rings is 1. The monoisotopic (exact) mass is 267 g/mol. The van der Waals surface area contributed by atoms with Crippen molar-refractivity contribution in [2.45, 2.75) is 27.2 Å². The predicted octanol–water partition coefficient (Wildman–Crippen LogP) is 2.54. The number of nitrogens with two attached hydrogens (primary N) is 1. The molecular weight excluding hydrogens is 242 g/mol. The van der Waals surface area contributed by atoms with Gasteiger partial charge in [0.15, 0.2) is 0 Å². The zero-order valence-electron chi connectivity index (χ0n) is 12.1. The predicted molar refractivity (Wildman–Crippen MR) is 78.6 cm³/mol. The lowest BCUT2D eigenvalue weighted by Crippen LogP contribution is -2.10. The van der Waals surface area contributed by atoms with Crippen molar-refractivity contribution in [1.29, 1.82) is 0 Å². The van der Waals surface area contributed by atoms with E-state index < -0.39 is 0 Å². The molecule has 1 heterocycles. The van der Waals surface area contributed by atoms with Gasteiger partial charge in [-0.25, -0.2) is 0 Å². The number of nitrogens with zero attached hydrogens (tertiary/aromatic N) is 1. The largest absolute Gasteiger partial charge is 0.476 e. The third-order valence-corrected chi connectivity index (χ3v) is 2.42. The van der Waals surface area contributed by atoms with Crippen LogP contribution >= 0.6 is 0 Å². The Kier molecular flexibility index (Phi) is 7.03. The van der Waals surface area contributed by atoms with Crippen LogP contribution in [-0.2, 0) is 4.74 Å². The van der Waals surface area contributed by atoms with Gasteiger partial charge in [-0.05, 0) is 31.4 Å². The van der Waals surface area contributed by atoms with Gasteiger partial charge in [0, 0.05) is 19.8 Å². The molecule has 1 rings (SSSR count). The lowest BCUT2D eigenvalue weighted by atomic mass is 10.2. The van der Waals surface area contributed by atoms with Crippen LogP contribution in [0.25, 0.3) is 0 Å². The molecule has 19 heavy (non-hydrogen) atoms. The number of hydrogen-bond donors (Lipinski definition) is 2. The van der Waals surface area contributed by atoms with Gasteiger partial charge in [-0.15, -0.1) is 0 Å². The second-order valence-corrected chi connectivity index (χ2v) is 4.77. The van der Waals surface area contributed by atoms with Crippen molar-refractivity contribution in [2.24, 2.45) is 5.92 Å². The van der Waals surface area contributed by atoms with Gasteiger partial charge in [-0.3, -0.25) is 0 Å². The maximum atomic E-state index is 5.83. The minimum Gasteiger partial charge on any atom is -0.476 e. The second kappa shape index (κ2) is 8.58. The van der Waals surface area contributed by atoms with Crippen LogP contribution in [0.15, 0.2) is 12.1 Å². The highest BCUT2D eigenvalue weighted by atomic mass is 16.5. The summed E-state index contributed by atoms with van der Waals surface area (Å²) in [7, 11) is 0. The minimum absolute atomic E-state index is 0.448. The third kappa shape index (κ3) is 6.29. The molecule has 1 aromatic rings. The van der Waals surface area contributed by atoms with E-state index in [9.17, 15) is 0 Å². The first-order valence-electron chi connectivity index (χ1n) is 6.84. The standard InChI is InChI=1S/C14H25N3O2/c1-4-18-9-5-8-16-13-7-6-12(15)14(17-13)19-10-11(2)3/h6-7,11H,4-5,8-10,15H2,1-3H3,(H,16,17). The summed E-state index contributed by atoms with van der Waals surface area (Å²) in [6, 6.07) is 3.67. The minimum atomic E-state index is 0.448. The average molecular weight is 267 g/mol. The Labute approximate surface area is 115 Å². The van der Waals surface area contributed by atoms with Crippen LogP contribution in [0.4, 0.5) is 11.5 Å². The molecule has 0 bridgehead atoms. The molecule has 3 N–H and O–H groups in total. The van der Waals surface area contributed by atoms with Crippen molar-refractivity contribution in [3.8, 4) is 5.88 Å². The first kappa shape index (κ1) is 15.6. The molecule has 0 atom stereocenters. The number of anilines is 2. The molecule has 5 heteroatoms. The molecule has 0 aliphatic heterocycles. The summed E-state index contributed by atoms with van der Waals surface area (Å²) in [5, 5.41) is 3.23. The van der Waals surface area contributed by atoms with Gasteiger partial charge >= 0.3 is 0 Å². The van der Waals surface area contributed by atoms with E-state index in [2.05, 4.69) is 24.1 Å². The van der Waals surface area contributed by atoms with E-state index in [-0.39, 0.29) is 0 Å². The fourth-order valence-corrected chi connectivity index (χ4v) is 1.45. The Morgan fingerprint density at radius 2 is 2.16 bits per heavy atom. The Bertz CT molecular complexity index is 370. The average Bonchev–Trinajstić information content (AvgIpc) is 2.38. The van der Waals surface area contributed by atoms with Crippen molar-refractivity contribution in [3.05, 3.63) is 12.1 Å². The number of nitrogens with one attached hydrogen (secondary N) is 1. The zero-order valence-corrected chi connectivity index (χ0v) is 12.1. The molecule has 0 radical (unpaired) electrons. The quantitative estimate of drug-likeness (QED) is 0.673. The van der Waals surface area contributed by atoms with Crippen molar-refractivity contribution < 1.29 is 9.47 Å². The summed E-state index contributed by atoms with van der Waals surface area (Å²) in [5.41, 5.74) is 6.40. The van der Waals surface area contributed by atoms with Crippen LogP contribution in [0.5, 0.6) is 5.88 Å². The highest BCUT2D eigenvalue weighted by Gasteiger charge is 2.05. The summed E-state index contributed by atoms with van der Waals surface area (Å²) in [5.74, 6) is 1.73. The summed E-state index contributed by atoms with van der Waals surface area (Å²) in [4.78, 5) is 4.36. The lowest BCUT2D eigenvalue weighted by Gasteiger charge is -2.12. The fraction of sp³-hybridized carbons (Fsp3) is 0.643. The van der Waals surface area contributed by atoms with E-state index >= 15 is 0 Å². The summed E-state index contributed by atoms with van der Waals surface area (Å²) < 4.78 is 10.9. The Morgan fingerprint density at radius 3 is 2.84 bits per heavy atom. The van der Waals surface area contributed by atoms with Gasteiger partial charge in [-0.2, -0.15) is 4.98 Å². The Hall–Kier alpha value is -1.49. The van der Waals surface area contributed by atoms with Crippen molar-refractivity contribution >= 4 is 11.5 Å². The van der Waals surface area contributed by atoms with Crippen molar-refractivity contribution in [2.75, 3.05) is 37.4 Å². The van der Waals surface area contributed by atoms with E-state index in [1.807, 2.05) is 19.1 Å². The molecule has 0 unspecified atom stereocenters. The van der Waals surface area contributed by atoms with Gasteiger partial charge in [-0.1, -0.05) is 13.8 Å². The highest BCUT2D eigenvalue weighted by molar-refractivity contribution is 5.53. The normalized spacial score (nSPS) is 10.7. The lowest BCUT2D eigenvalue weighted by molar-refractivity contribution is 0.147. The van der Waals surface area contributed by atoms with Gasteiger partial charge in [0.25, 0.3) is 0 Å². The van der Waals surface area contributed by atoms with Crippen LogP contribution in [0, 0.1) is 5.92 Å². The number of hydrogen-bond acceptors (Lipinski definition) is 5. The summed E-state index contributed by atoms with van der Waals surface area (Å²) >= 11 is 0. The molecule has 1 aromatic heterocycles. The van der Waals surface area contributed by atoms with Crippen LogP contribution in [0.3, 0.4) is 0 Å². The number of aromatic nitrogens is 1. The molecule has 0 aliphatic carbocycles. The Morgan fingerprint density at radius 1 is 1.37 bits per heavy atom. The molecule has 0 fully saturated rings. The van der Waals surface area contributed by atoms with Crippen LogP contribution < -0.4 is 15.8 Å². The molecule has 0 saturated carbocycles. The van der Waals surface area contributed by atoms with Crippen LogP contribution in [0.1, 0.15) is 27.2 Å². The maximum absolute atomic E-state index is 5.83. The molecule has 5 nitrogen and oxygen atoms in total. The number of ether oxygens (including phenoxy) is 2. The molecule has 0 aliphatic rings. The SMILES string of the molecule is CCOCCCNc1ccc(N)c(OCC(C)C)n1. The molecule has 0 aromatic carbocycles. The summed E-state index contributed by atoms with van der Waals surface area (Å²) in [6.45, 7) is 9.12. The van der Waals surface area contributed by atoms with Gasteiger partial charge < -0.3 is 20.5 Å². The summed E-state index contributed by atoms with van der Waals surface area (Å²) in [6.07, 6.45) is 0.947. The van der Waals surface area contributed by atoms with E-state index in [1.165, 1.54) is 0 Å². The number of rotatable bonds is 9. The van der Waals surface area contributed by atoms with Gasteiger partial charge in [0.05, 0.1) is 12.3 Å². The third-order valence-electron chi connectivity index (χ3n) is 2.42. The molecular formula is C14H25N3O2. The number of nitrogen functional groups attached to an aromatic ring is 1. The van der Waals surface area contributed by atoms with E-state index in [4.69, 9.17) is 15.2 Å². The smallest absolute Gasteiger partial charge is 0.239 e. The van der Waals surface area contributed by atoms with Crippen LogP contribution in [0.2, 0.25) is 0 Å². The topological polar surface area (TPSA) is 69.4 Å². The second-order valence-electron chi connectivity index (χ2n) is 4.77. The first-order valence-corrected chi connectivity index (χ1v) is 6.84. The maximum Gasteiger partial charge on any atom is 0.239 e. The van der Waals surface area contributed by atoms with E-state index in [0.29, 0.717) is 24.1 Å². The van der Waals surface area contributed by atoms with Crippen molar-refractivity contribution in [1.82, 2.24) is 4.98 Å². The van der Waals surface area contributed by atoms with E-state index in [1.54, 1.807) is 0 Å². The van der Waals surface area contributed by atoms with Crippen molar-refractivity contribution in [3.63, 3.8) is 0 Å². The molecule has 0 saturated heterocycles. The van der Waals surface area contributed by atoms with E-state index in [0.717, 1.165) is 32.0 Å². The fourth-order valence-electron chi connectivity index (χ4n) is 1.45. The Balaban J connectivity index is 2.43. The highest BCUT2D eigenvalue weighted by Crippen LogP contribution is 2.21. The van der Waals surface area contributed by atoms with Gasteiger partial charge in [0.2, 0.25) is 5.88 Å². The van der Waals surface area contributed by atoms with Crippen LogP contribution in [-0.4, -0.2) is 31.3 Å². The van der Waals surface area contributed by atoms with Gasteiger partial charge in [0.1, 0.15) is 5.82 Å². The molecule has 0 amide bonds. The molecule has 108 valence electrons. The zero-order chi connectivity index (χ0) is 14.1. The first-order chi connectivity index (χ1) is 9.13. The molecule has 0 spiro atoms.